The molecule has 0 bridgehead atoms. The van der Waals surface area contributed by atoms with E-state index >= 15 is 0 Å². The molecule has 14 heavy (non-hydrogen) atoms. The predicted molar refractivity (Wildman–Crippen MR) is 52.9 cm³/mol. The molecule has 0 unspecified atom stereocenters. The van der Waals surface area contributed by atoms with E-state index in [1.54, 1.807) is 18.2 Å². The molecule has 0 amide bonds. The summed E-state index contributed by atoms with van der Waals surface area (Å²) >= 11 is 0. The van der Waals surface area contributed by atoms with Gasteiger partial charge in [0, 0.05) is 6.04 Å². The lowest BCUT2D eigenvalue weighted by Crippen LogP contribution is -2.45. The van der Waals surface area contributed by atoms with E-state index in [4.69, 9.17) is 4.74 Å². The van der Waals surface area contributed by atoms with Crippen LogP contribution in [0.1, 0.15) is 12.8 Å². The van der Waals surface area contributed by atoms with Crippen molar-refractivity contribution >= 4 is 0 Å². The molecule has 1 aromatic carbocycles. The molecular weight excluding hydrogens is 181 g/mol. The summed E-state index contributed by atoms with van der Waals surface area (Å²) in [6, 6.07) is 7.07. The maximum atomic E-state index is 13.1. The van der Waals surface area contributed by atoms with Crippen LogP contribution in [0.5, 0.6) is 5.75 Å². The number of halogens is 1. The van der Waals surface area contributed by atoms with Crippen molar-refractivity contribution in [3.63, 3.8) is 0 Å². The quantitative estimate of drug-likeness (QED) is 0.796. The number of hydrogen-bond donors (Lipinski definition) is 1. The molecule has 1 aromatic rings. The van der Waals surface area contributed by atoms with E-state index in [0.29, 0.717) is 11.8 Å². The largest absolute Gasteiger partial charge is 0.487 e. The van der Waals surface area contributed by atoms with Gasteiger partial charge in [0.2, 0.25) is 0 Å². The minimum absolute atomic E-state index is 0.171. The van der Waals surface area contributed by atoms with Gasteiger partial charge in [-0.05, 0) is 32.0 Å². The molecule has 2 rings (SSSR count). The number of ether oxygens (including phenoxy) is 1. The molecule has 3 heteroatoms. The van der Waals surface area contributed by atoms with Crippen molar-refractivity contribution < 1.29 is 9.13 Å². The van der Waals surface area contributed by atoms with Crippen LogP contribution in [0.3, 0.4) is 0 Å². The van der Waals surface area contributed by atoms with Crippen LogP contribution in [-0.2, 0) is 0 Å². The Labute approximate surface area is 83.1 Å². The standard InChI is InChI=1S/C11H14FNO/c1-13-8-6-9(7-8)14-11-5-3-2-4-10(11)12/h2-5,8-9,13H,6-7H2,1H3. The maximum absolute atomic E-state index is 13.1. The summed E-state index contributed by atoms with van der Waals surface area (Å²) in [6.45, 7) is 0. The molecule has 76 valence electrons. The van der Waals surface area contributed by atoms with Gasteiger partial charge in [0.15, 0.2) is 11.6 Å². The van der Waals surface area contributed by atoms with Gasteiger partial charge in [0.25, 0.3) is 0 Å². The molecule has 1 saturated carbocycles. The minimum Gasteiger partial charge on any atom is -0.487 e. The summed E-state index contributed by atoms with van der Waals surface area (Å²) in [5, 5.41) is 3.16. The fourth-order valence-electron chi connectivity index (χ4n) is 1.62. The van der Waals surface area contributed by atoms with Crippen LogP contribution in [0.4, 0.5) is 4.39 Å². The van der Waals surface area contributed by atoms with Gasteiger partial charge >= 0.3 is 0 Å². The Morgan fingerprint density at radius 2 is 2.07 bits per heavy atom. The SMILES string of the molecule is CNC1CC(Oc2ccccc2F)C1. The molecule has 2 nitrogen and oxygen atoms in total. The van der Waals surface area contributed by atoms with E-state index < -0.39 is 0 Å². The molecule has 0 radical (unpaired) electrons. The van der Waals surface area contributed by atoms with Gasteiger partial charge in [0.05, 0.1) is 0 Å². The Hall–Kier alpha value is -1.09. The highest BCUT2D eigenvalue weighted by atomic mass is 19.1. The topological polar surface area (TPSA) is 21.3 Å². The van der Waals surface area contributed by atoms with Crippen molar-refractivity contribution in [1.29, 1.82) is 0 Å². The molecule has 1 N–H and O–H groups in total. The van der Waals surface area contributed by atoms with Crippen molar-refractivity contribution in [1.82, 2.24) is 5.32 Å². The van der Waals surface area contributed by atoms with Crippen molar-refractivity contribution in [2.45, 2.75) is 25.0 Å². The zero-order valence-electron chi connectivity index (χ0n) is 8.16. The van der Waals surface area contributed by atoms with Crippen LogP contribution < -0.4 is 10.1 Å². The summed E-state index contributed by atoms with van der Waals surface area (Å²) < 4.78 is 18.6. The first-order chi connectivity index (χ1) is 6.79. The van der Waals surface area contributed by atoms with E-state index in [-0.39, 0.29) is 11.9 Å². The third kappa shape index (κ3) is 1.87. The molecule has 0 saturated heterocycles. The molecule has 0 heterocycles. The van der Waals surface area contributed by atoms with Gasteiger partial charge in [-0.25, -0.2) is 4.39 Å². The average Bonchev–Trinajstić information content (AvgIpc) is 2.13. The fourth-order valence-corrected chi connectivity index (χ4v) is 1.62. The summed E-state index contributed by atoms with van der Waals surface area (Å²) in [6.07, 6.45) is 2.10. The minimum atomic E-state index is -0.277. The van der Waals surface area contributed by atoms with Crippen molar-refractivity contribution in [3.05, 3.63) is 30.1 Å². The molecule has 0 atom stereocenters. The summed E-state index contributed by atoms with van der Waals surface area (Å²) in [5.41, 5.74) is 0. The number of benzene rings is 1. The molecule has 1 aliphatic rings. The number of hydrogen-bond acceptors (Lipinski definition) is 2. The Balaban J connectivity index is 1.90. The van der Waals surface area contributed by atoms with E-state index in [1.165, 1.54) is 6.07 Å². The first-order valence-corrected chi connectivity index (χ1v) is 4.88. The molecular formula is C11H14FNO. The fraction of sp³-hybridized carbons (Fsp3) is 0.455. The Morgan fingerprint density at radius 1 is 1.36 bits per heavy atom. The highest BCUT2D eigenvalue weighted by Gasteiger charge is 2.29. The number of para-hydroxylation sites is 1. The lowest BCUT2D eigenvalue weighted by Gasteiger charge is -2.35. The Kier molecular flexibility index (Phi) is 2.68. The van der Waals surface area contributed by atoms with Crippen molar-refractivity contribution in [3.8, 4) is 5.75 Å². The Bertz CT molecular complexity index is 310. The van der Waals surface area contributed by atoms with Crippen LogP contribution in [0.15, 0.2) is 24.3 Å². The Morgan fingerprint density at radius 3 is 2.71 bits per heavy atom. The lowest BCUT2D eigenvalue weighted by atomic mass is 9.89. The summed E-state index contributed by atoms with van der Waals surface area (Å²) in [5.74, 6) is 0.0902. The third-order valence-corrected chi connectivity index (χ3v) is 2.63. The van der Waals surface area contributed by atoms with Crippen LogP contribution in [0, 0.1) is 5.82 Å². The van der Waals surface area contributed by atoms with Gasteiger partial charge in [-0.3, -0.25) is 0 Å². The monoisotopic (exact) mass is 195 g/mol. The predicted octanol–water partition coefficient (Wildman–Crippen LogP) is 1.95. The van der Waals surface area contributed by atoms with E-state index in [9.17, 15) is 4.39 Å². The third-order valence-electron chi connectivity index (χ3n) is 2.63. The normalized spacial score (nSPS) is 25.6. The summed E-state index contributed by atoms with van der Waals surface area (Å²) in [4.78, 5) is 0. The van der Waals surface area contributed by atoms with Crippen LogP contribution >= 0.6 is 0 Å². The van der Waals surface area contributed by atoms with Crippen LogP contribution in [0.25, 0.3) is 0 Å². The van der Waals surface area contributed by atoms with Gasteiger partial charge < -0.3 is 10.1 Å². The summed E-state index contributed by atoms with van der Waals surface area (Å²) in [7, 11) is 1.93. The van der Waals surface area contributed by atoms with Gasteiger partial charge in [-0.1, -0.05) is 12.1 Å². The highest BCUT2D eigenvalue weighted by molar-refractivity contribution is 5.24. The van der Waals surface area contributed by atoms with Gasteiger partial charge in [-0.15, -0.1) is 0 Å². The van der Waals surface area contributed by atoms with Crippen molar-refractivity contribution in [2.75, 3.05) is 7.05 Å². The zero-order chi connectivity index (χ0) is 9.97. The second-order valence-electron chi connectivity index (χ2n) is 3.63. The van der Waals surface area contributed by atoms with E-state index in [1.807, 2.05) is 7.05 Å². The lowest BCUT2D eigenvalue weighted by molar-refractivity contribution is 0.0843. The molecule has 0 aromatic heterocycles. The smallest absolute Gasteiger partial charge is 0.165 e. The first kappa shape index (κ1) is 9.46. The average molecular weight is 195 g/mol. The first-order valence-electron chi connectivity index (χ1n) is 4.88. The van der Waals surface area contributed by atoms with Crippen molar-refractivity contribution in [2.24, 2.45) is 0 Å². The molecule has 0 aliphatic heterocycles. The number of nitrogens with one attached hydrogen (secondary N) is 1. The van der Waals surface area contributed by atoms with Gasteiger partial charge in [-0.2, -0.15) is 0 Å². The molecule has 1 fully saturated rings. The highest BCUT2D eigenvalue weighted by Crippen LogP contribution is 2.26. The second-order valence-corrected chi connectivity index (χ2v) is 3.63. The second kappa shape index (κ2) is 3.96. The number of rotatable bonds is 3. The van der Waals surface area contributed by atoms with Crippen LogP contribution in [-0.4, -0.2) is 19.2 Å². The van der Waals surface area contributed by atoms with Crippen LogP contribution in [0.2, 0.25) is 0 Å². The molecule has 0 spiro atoms. The van der Waals surface area contributed by atoms with Gasteiger partial charge in [0.1, 0.15) is 6.10 Å². The van der Waals surface area contributed by atoms with E-state index in [0.717, 1.165) is 12.8 Å². The molecule has 1 aliphatic carbocycles. The van der Waals surface area contributed by atoms with E-state index in [2.05, 4.69) is 5.32 Å². The maximum Gasteiger partial charge on any atom is 0.165 e. The zero-order valence-corrected chi connectivity index (χ0v) is 8.16.